The van der Waals surface area contributed by atoms with Gasteiger partial charge in [-0.2, -0.15) is 0 Å². The Morgan fingerprint density at radius 1 is 1.50 bits per heavy atom. The van der Waals surface area contributed by atoms with Gasteiger partial charge in [0.15, 0.2) is 0 Å². The van der Waals surface area contributed by atoms with E-state index in [-0.39, 0.29) is 0 Å². The van der Waals surface area contributed by atoms with E-state index < -0.39 is 16.5 Å². The monoisotopic (exact) mass is 147 g/mol. The molecule has 0 aromatic rings. The molecule has 0 amide bonds. The molecule has 0 unspecified atom stereocenters. The summed E-state index contributed by atoms with van der Waals surface area (Å²) in [5.74, 6) is -0.836. The van der Waals surface area contributed by atoms with E-state index in [2.05, 4.69) is 4.84 Å². The Hall–Kier alpha value is -1.13. The molecule has 0 aliphatic rings. The summed E-state index contributed by atoms with van der Waals surface area (Å²) in [5, 5.41) is 8.52. The summed E-state index contributed by atoms with van der Waals surface area (Å²) in [6.45, 7) is 4.62. The lowest BCUT2D eigenvalue weighted by atomic mass is 9.98. The van der Waals surface area contributed by atoms with Gasteiger partial charge in [0.25, 0.3) is 0 Å². The van der Waals surface area contributed by atoms with Crippen molar-refractivity contribution in [2.45, 2.75) is 20.8 Å². The first-order chi connectivity index (χ1) is 4.34. The van der Waals surface area contributed by atoms with Crippen LogP contribution < -0.4 is 0 Å². The van der Waals surface area contributed by atoms with Crippen LogP contribution in [0.4, 0.5) is 0 Å². The highest BCUT2D eigenvalue weighted by Gasteiger charge is 2.24. The average molecular weight is 147 g/mol. The fourth-order valence-electron chi connectivity index (χ4n) is 0.205. The zero-order valence-electron chi connectivity index (χ0n) is 6.08. The highest BCUT2D eigenvalue weighted by Crippen LogP contribution is 2.14. The van der Waals surface area contributed by atoms with E-state index in [1.807, 2.05) is 0 Å². The minimum absolute atomic E-state index is 0.812. The van der Waals surface area contributed by atoms with Crippen molar-refractivity contribution in [2.75, 3.05) is 0 Å². The number of hydrogen-bond acceptors (Lipinski definition) is 4. The predicted molar refractivity (Wildman–Crippen MR) is 32.5 cm³/mol. The third-order valence-electron chi connectivity index (χ3n) is 0.770. The SMILES string of the molecule is CC(C)(C)C(=O)O[N+](=O)[O-]. The van der Waals surface area contributed by atoms with Gasteiger partial charge in [-0.3, -0.25) is 4.79 Å². The second kappa shape index (κ2) is 2.64. The Morgan fingerprint density at radius 3 is 2.00 bits per heavy atom. The normalized spacial score (nSPS) is 10.7. The maximum Gasteiger partial charge on any atom is 0.309 e. The molecule has 5 nitrogen and oxygen atoms in total. The summed E-state index contributed by atoms with van der Waals surface area (Å²) in [4.78, 5) is 23.9. The molecule has 0 radical (unpaired) electrons. The molecule has 0 aromatic carbocycles. The van der Waals surface area contributed by atoms with Crippen LogP contribution in [0.25, 0.3) is 0 Å². The molecule has 0 atom stereocenters. The summed E-state index contributed by atoms with van der Waals surface area (Å²) in [7, 11) is 0. The summed E-state index contributed by atoms with van der Waals surface area (Å²) in [6.07, 6.45) is 0. The zero-order valence-corrected chi connectivity index (χ0v) is 6.08. The molecule has 0 bridgehead atoms. The molecule has 0 spiro atoms. The van der Waals surface area contributed by atoms with Gasteiger partial charge in [0.2, 0.25) is 0 Å². The van der Waals surface area contributed by atoms with Crippen molar-refractivity contribution >= 4 is 5.97 Å². The minimum atomic E-state index is -1.10. The lowest BCUT2D eigenvalue weighted by Crippen LogP contribution is -2.25. The molecule has 0 aliphatic heterocycles. The minimum Gasteiger partial charge on any atom is -0.268 e. The molecular weight excluding hydrogens is 138 g/mol. The Labute approximate surface area is 58.1 Å². The van der Waals surface area contributed by atoms with Crippen LogP contribution in [-0.2, 0) is 9.63 Å². The highest BCUT2D eigenvalue weighted by atomic mass is 17.0. The summed E-state index contributed by atoms with van der Waals surface area (Å²) >= 11 is 0. The standard InChI is InChI=1S/C5H9NO4/c1-5(2,3)4(7)10-6(8)9/h1-3H3. The van der Waals surface area contributed by atoms with Crippen molar-refractivity contribution in [3.63, 3.8) is 0 Å². The first kappa shape index (κ1) is 8.87. The molecule has 0 aromatic heterocycles. The van der Waals surface area contributed by atoms with Crippen molar-refractivity contribution in [1.82, 2.24) is 0 Å². The zero-order chi connectivity index (χ0) is 8.36. The van der Waals surface area contributed by atoms with Crippen molar-refractivity contribution < 1.29 is 14.7 Å². The van der Waals surface area contributed by atoms with E-state index in [1.165, 1.54) is 0 Å². The van der Waals surface area contributed by atoms with Gasteiger partial charge in [0.05, 0.1) is 0 Å². The van der Waals surface area contributed by atoms with Crippen LogP contribution in [0.5, 0.6) is 0 Å². The topological polar surface area (TPSA) is 69.4 Å². The third-order valence-corrected chi connectivity index (χ3v) is 0.770. The fourth-order valence-corrected chi connectivity index (χ4v) is 0.205. The predicted octanol–water partition coefficient (Wildman–Crippen LogP) is 0.767. The van der Waals surface area contributed by atoms with Gasteiger partial charge in [-0.1, -0.05) is 20.8 Å². The third kappa shape index (κ3) is 3.01. The van der Waals surface area contributed by atoms with Crippen molar-refractivity contribution in [3.05, 3.63) is 10.1 Å². The van der Waals surface area contributed by atoms with Gasteiger partial charge in [-0.15, -0.1) is 10.1 Å². The molecule has 0 aliphatic carbocycles. The van der Waals surface area contributed by atoms with Gasteiger partial charge >= 0.3 is 11.1 Å². The van der Waals surface area contributed by atoms with Gasteiger partial charge in [-0.25, -0.2) is 4.84 Å². The van der Waals surface area contributed by atoms with Crippen LogP contribution in [0.2, 0.25) is 0 Å². The van der Waals surface area contributed by atoms with E-state index in [0.717, 1.165) is 0 Å². The molecule has 0 rings (SSSR count). The Morgan fingerprint density at radius 2 is 1.90 bits per heavy atom. The number of carbonyl (C=O) groups is 1. The molecule has 0 N–H and O–H groups in total. The van der Waals surface area contributed by atoms with Crippen molar-refractivity contribution in [3.8, 4) is 0 Å². The second-order valence-electron chi connectivity index (χ2n) is 2.85. The molecule has 0 saturated heterocycles. The first-order valence-corrected chi connectivity index (χ1v) is 2.71. The van der Waals surface area contributed by atoms with Gasteiger partial charge in [0.1, 0.15) is 0 Å². The van der Waals surface area contributed by atoms with Gasteiger partial charge in [-0.05, 0) is 0 Å². The van der Waals surface area contributed by atoms with Crippen molar-refractivity contribution in [2.24, 2.45) is 5.41 Å². The van der Waals surface area contributed by atoms with Crippen LogP contribution in [0, 0.1) is 15.5 Å². The maximum absolute atomic E-state index is 10.6. The average Bonchev–Trinajstić information content (AvgIpc) is 1.60. The van der Waals surface area contributed by atoms with Crippen molar-refractivity contribution in [1.29, 1.82) is 0 Å². The van der Waals surface area contributed by atoms with Crippen LogP contribution >= 0.6 is 0 Å². The quantitative estimate of drug-likeness (QED) is 0.405. The smallest absolute Gasteiger partial charge is 0.268 e. The molecular formula is C5H9NO4. The summed E-state index contributed by atoms with van der Waals surface area (Å²) in [5.41, 5.74) is -0.812. The Balaban J connectivity index is 3.99. The number of carbonyl (C=O) groups excluding carboxylic acids is 1. The molecule has 0 heterocycles. The van der Waals surface area contributed by atoms with E-state index >= 15 is 0 Å². The molecule has 10 heavy (non-hydrogen) atoms. The Kier molecular flexibility index (Phi) is 2.34. The largest absolute Gasteiger partial charge is 0.309 e. The first-order valence-electron chi connectivity index (χ1n) is 2.71. The molecule has 58 valence electrons. The van der Waals surface area contributed by atoms with Crippen LogP contribution in [-0.4, -0.2) is 11.1 Å². The fraction of sp³-hybridized carbons (Fsp3) is 0.800. The van der Waals surface area contributed by atoms with E-state index in [4.69, 9.17) is 0 Å². The number of nitrogens with zero attached hydrogens (tertiary/aromatic N) is 1. The molecule has 0 saturated carbocycles. The summed E-state index contributed by atoms with van der Waals surface area (Å²) < 4.78 is 0. The lowest BCUT2D eigenvalue weighted by molar-refractivity contribution is -0.731. The van der Waals surface area contributed by atoms with E-state index in [9.17, 15) is 14.9 Å². The van der Waals surface area contributed by atoms with Crippen LogP contribution in [0.3, 0.4) is 0 Å². The number of rotatable bonds is 1. The van der Waals surface area contributed by atoms with Crippen LogP contribution in [0.15, 0.2) is 0 Å². The molecule has 5 heteroatoms. The lowest BCUT2D eigenvalue weighted by Gasteiger charge is -2.12. The highest BCUT2D eigenvalue weighted by molar-refractivity contribution is 5.74. The van der Waals surface area contributed by atoms with E-state index in [1.54, 1.807) is 20.8 Å². The van der Waals surface area contributed by atoms with Gasteiger partial charge < -0.3 is 0 Å². The maximum atomic E-state index is 10.6. The molecule has 0 fully saturated rings. The van der Waals surface area contributed by atoms with E-state index in [0.29, 0.717) is 0 Å². The summed E-state index contributed by atoms with van der Waals surface area (Å²) in [6, 6.07) is 0. The number of hydrogen-bond donors (Lipinski definition) is 0. The second-order valence-corrected chi connectivity index (χ2v) is 2.85. The van der Waals surface area contributed by atoms with Gasteiger partial charge in [0, 0.05) is 5.41 Å². The Bertz CT molecular complexity index is 158. The van der Waals surface area contributed by atoms with Crippen LogP contribution in [0.1, 0.15) is 20.8 Å².